The maximum Gasteiger partial charge on any atom is 0.319 e. The second-order valence-electron chi connectivity index (χ2n) is 5.54. The number of hydrogen-bond acceptors (Lipinski definition) is 4. The van der Waals surface area contributed by atoms with Gasteiger partial charge in [0.05, 0.1) is 17.4 Å². The molecule has 0 fully saturated rings. The molecule has 0 radical (unpaired) electrons. The summed E-state index contributed by atoms with van der Waals surface area (Å²) in [5.41, 5.74) is 3.26. The van der Waals surface area contributed by atoms with E-state index in [1.54, 1.807) is 16.8 Å². The quantitative estimate of drug-likeness (QED) is 0.770. The summed E-state index contributed by atoms with van der Waals surface area (Å²) in [4.78, 5) is 12.1. The third-order valence-corrected chi connectivity index (χ3v) is 3.59. The fourth-order valence-electron chi connectivity index (χ4n) is 2.53. The van der Waals surface area contributed by atoms with Gasteiger partial charge in [-0.15, -0.1) is 10.2 Å². The van der Waals surface area contributed by atoms with Gasteiger partial charge in [-0.05, 0) is 39.0 Å². The summed E-state index contributed by atoms with van der Waals surface area (Å²) in [6.45, 7) is 6.45. The van der Waals surface area contributed by atoms with Crippen LogP contribution in [0.3, 0.4) is 0 Å². The third-order valence-electron chi connectivity index (χ3n) is 3.59. The number of carbonyl (C=O) groups is 1. The van der Waals surface area contributed by atoms with Crippen molar-refractivity contribution in [3.63, 3.8) is 0 Å². The Kier molecular flexibility index (Phi) is 3.96. The van der Waals surface area contributed by atoms with Crippen LogP contribution in [0.4, 0.5) is 10.5 Å². The van der Waals surface area contributed by atoms with Crippen LogP contribution in [0.2, 0.25) is 0 Å². The number of fused-ring (bicyclic) bond motifs is 1. The van der Waals surface area contributed by atoms with Gasteiger partial charge >= 0.3 is 6.03 Å². The summed E-state index contributed by atoms with van der Waals surface area (Å²) in [5, 5.41) is 17.9. The monoisotopic (exact) mass is 313 g/mol. The van der Waals surface area contributed by atoms with Crippen LogP contribution < -0.4 is 10.6 Å². The fraction of sp³-hybridized carbons (Fsp3) is 0.333. The lowest BCUT2D eigenvalue weighted by Crippen LogP contribution is -2.33. The highest BCUT2D eigenvalue weighted by Gasteiger charge is 2.12. The van der Waals surface area contributed by atoms with Crippen molar-refractivity contribution in [1.82, 2.24) is 29.7 Å². The summed E-state index contributed by atoms with van der Waals surface area (Å²) in [6.07, 6.45) is 3.41. The molecule has 1 atom stereocenters. The molecule has 0 saturated heterocycles. The van der Waals surface area contributed by atoms with Crippen molar-refractivity contribution < 1.29 is 4.79 Å². The number of urea groups is 1. The zero-order valence-corrected chi connectivity index (χ0v) is 13.3. The second kappa shape index (κ2) is 6.07. The number of pyridine rings is 1. The third kappa shape index (κ3) is 3.15. The Balaban J connectivity index is 1.61. The topological polar surface area (TPSA) is 89.1 Å². The molecule has 120 valence electrons. The predicted molar refractivity (Wildman–Crippen MR) is 86.4 cm³/mol. The molecule has 3 rings (SSSR count). The van der Waals surface area contributed by atoms with E-state index in [1.807, 2.05) is 43.8 Å². The van der Waals surface area contributed by atoms with Gasteiger partial charge in [0.25, 0.3) is 0 Å². The van der Waals surface area contributed by atoms with E-state index in [0.29, 0.717) is 17.9 Å². The van der Waals surface area contributed by atoms with E-state index in [4.69, 9.17) is 0 Å². The van der Waals surface area contributed by atoms with Crippen molar-refractivity contribution in [2.75, 3.05) is 11.9 Å². The van der Waals surface area contributed by atoms with Crippen molar-refractivity contribution in [2.24, 2.45) is 0 Å². The van der Waals surface area contributed by atoms with Crippen LogP contribution in [0, 0.1) is 13.8 Å². The van der Waals surface area contributed by atoms with Crippen molar-refractivity contribution >= 4 is 17.4 Å². The molecule has 0 bridgehead atoms. The SMILES string of the molecule is Cc1cc(C)n(C(C)CNC(=O)Nc2cccn3cnnc23)n1. The minimum absolute atomic E-state index is 0.0679. The molecule has 3 aromatic heterocycles. The van der Waals surface area contributed by atoms with Crippen LogP contribution in [0.5, 0.6) is 0 Å². The first-order valence-electron chi connectivity index (χ1n) is 7.40. The van der Waals surface area contributed by atoms with Crippen molar-refractivity contribution in [1.29, 1.82) is 0 Å². The molecule has 8 nitrogen and oxygen atoms in total. The van der Waals surface area contributed by atoms with Gasteiger partial charge in [0.2, 0.25) is 0 Å². The number of anilines is 1. The summed E-state index contributed by atoms with van der Waals surface area (Å²) in [6, 6.07) is 5.41. The van der Waals surface area contributed by atoms with Crippen LogP contribution in [0.15, 0.2) is 30.7 Å². The van der Waals surface area contributed by atoms with Crippen molar-refractivity contribution in [3.05, 3.63) is 42.1 Å². The standard InChI is InChI=1S/C15H19N7O/c1-10-7-11(2)22(20-10)12(3)8-16-15(23)18-13-5-4-6-21-9-17-19-14(13)21/h4-7,9,12H,8H2,1-3H3,(H2,16,18,23). The van der Waals surface area contributed by atoms with Crippen LogP contribution in [-0.2, 0) is 0 Å². The number of hydrogen-bond donors (Lipinski definition) is 2. The van der Waals surface area contributed by atoms with Gasteiger partial charge in [-0.3, -0.25) is 9.08 Å². The molecule has 0 spiro atoms. The Morgan fingerprint density at radius 3 is 2.96 bits per heavy atom. The largest absolute Gasteiger partial charge is 0.336 e. The summed E-state index contributed by atoms with van der Waals surface area (Å²) in [7, 11) is 0. The Hall–Kier alpha value is -2.90. The summed E-state index contributed by atoms with van der Waals surface area (Å²) < 4.78 is 3.66. The Bertz CT molecular complexity index is 835. The van der Waals surface area contributed by atoms with E-state index in [1.165, 1.54) is 0 Å². The molecular formula is C15H19N7O. The average Bonchev–Trinajstić information content (AvgIpc) is 3.11. The zero-order chi connectivity index (χ0) is 16.4. The number of aryl methyl sites for hydroxylation is 2. The smallest absolute Gasteiger partial charge is 0.319 e. The van der Waals surface area contributed by atoms with Crippen LogP contribution in [-0.4, -0.2) is 37.0 Å². The highest BCUT2D eigenvalue weighted by molar-refractivity contribution is 5.92. The van der Waals surface area contributed by atoms with Gasteiger partial charge in [0.15, 0.2) is 5.65 Å². The minimum atomic E-state index is -0.283. The normalized spacial score (nSPS) is 12.3. The lowest BCUT2D eigenvalue weighted by Gasteiger charge is -2.15. The molecule has 0 aromatic carbocycles. The Labute approximate surface area is 133 Å². The van der Waals surface area contributed by atoms with Gasteiger partial charge in [-0.2, -0.15) is 5.10 Å². The Morgan fingerprint density at radius 1 is 1.39 bits per heavy atom. The number of amides is 2. The molecule has 23 heavy (non-hydrogen) atoms. The molecule has 3 heterocycles. The molecular weight excluding hydrogens is 294 g/mol. The first-order valence-corrected chi connectivity index (χ1v) is 7.40. The summed E-state index contributed by atoms with van der Waals surface area (Å²) in [5.74, 6) is 0. The molecule has 2 amide bonds. The van der Waals surface area contributed by atoms with E-state index in [2.05, 4.69) is 25.9 Å². The molecule has 1 unspecified atom stereocenters. The van der Waals surface area contributed by atoms with Crippen molar-refractivity contribution in [3.8, 4) is 0 Å². The molecule has 3 aromatic rings. The molecule has 2 N–H and O–H groups in total. The van der Waals surface area contributed by atoms with Gasteiger partial charge in [-0.1, -0.05) is 0 Å². The maximum atomic E-state index is 12.1. The van der Waals surface area contributed by atoms with E-state index >= 15 is 0 Å². The molecule has 0 aliphatic rings. The molecule has 8 heteroatoms. The highest BCUT2D eigenvalue weighted by atomic mass is 16.2. The first kappa shape index (κ1) is 15.0. The van der Waals surface area contributed by atoms with Gasteiger partial charge in [-0.25, -0.2) is 4.79 Å². The maximum absolute atomic E-state index is 12.1. The van der Waals surface area contributed by atoms with Crippen LogP contribution >= 0.6 is 0 Å². The van der Waals surface area contributed by atoms with Gasteiger partial charge in [0, 0.05) is 18.4 Å². The number of rotatable bonds is 4. The minimum Gasteiger partial charge on any atom is -0.336 e. The molecule has 0 aliphatic carbocycles. The van der Waals surface area contributed by atoms with E-state index in [-0.39, 0.29) is 12.1 Å². The molecule has 0 aliphatic heterocycles. The molecule has 0 saturated carbocycles. The van der Waals surface area contributed by atoms with E-state index in [0.717, 1.165) is 11.4 Å². The lowest BCUT2D eigenvalue weighted by atomic mass is 10.3. The van der Waals surface area contributed by atoms with Gasteiger partial charge < -0.3 is 10.6 Å². The van der Waals surface area contributed by atoms with E-state index < -0.39 is 0 Å². The van der Waals surface area contributed by atoms with Gasteiger partial charge in [0.1, 0.15) is 6.33 Å². The fourth-order valence-corrected chi connectivity index (χ4v) is 2.53. The second-order valence-corrected chi connectivity index (χ2v) is 5.54. The highest BCUT2D eigenvalue weighted by Crippen LogP contribution is 2.13. The van der Waals surface area contributed by atoms with E-state index in [9.17, 15) is 4.79 Å². The summed E-state index contributed by atoms with van der Waals surface area (Å²) >= 11 is 0. The number of aromatic nitrogens is 5. The van der Waals surface area contributed by atoms with Crippen molar-refractivity contribution in [2.45, 2.75) is 26.8 Å². The predicted octanol–water partition coefficient (Wildman–Crippen LogP) is 1.93. The zero-order valence-electron chi connectivity index (χ0n) is 13.3. The van der Waals surface area contributed by atoms with Crippen LogP contribution in [0.25, 0.3) is 5.65 Å². The number of carbonyl (C=O) groups excluding carboxylic acids is 1. The first-order chi connectivity index (χ1) is 11.0. The number of nitrogens with zero attached hydrogens (tertiary/aromatic N) is 5. The Morgan fingerprint density at radius 2 is 2.22 bits per heavy atom. The average molecular weight is 313 g/mol. The number of nitrogens with one attached hydrogen (secondary N) is 2. The lowest BCUT2D eigenvalue weighted by molar-refractivity contribution is 0.250. The van der Waals surface area contributed by atoms with Crippen LogP contribution in [0.1, 0.15) is 24.4 Å².